The van der Waals surface area contributed by atoms with Crippen LogP contribution in [0.1, 0.15) is 0 Å². The van der Waals surface area contributed by atoms with E-state index in [0.717, 1.165) is 6.26 Å². The van der Waals surface area contributed by atoms with E-state index < -0.39 is 21.0 Å². The van der Waals surface area contributed by atoms with E-state index in [0.29, 0.717) is 13.1 Å². The van der Waals surface area contributed by atoms with Gasteiger partial charge >= 0.3 is 6.18 Å². The topological polar surface area (TPSA) is 40.6 Å². The van der Waals surface area contributed by atoms with Gasteiger partial charge in [0.1, 0.15) is 4.83 Å². The van der Waals surface area contributed by atoms with E-state index in [1.54, 1.807) is 4.90 Å². The fourth-order valence-corrected chi connectivity index (χ4v) is 2.81. The van der Waals surface area contributed by atoms with Gasteiger partial charge in [-0.2, -0.15) is 17.5 Å². The van der Waals surface area contributed by atoms with Crippen LogP contribution in [0.2, 0.25) is 0 Å². The van der Waals surface area contributed by atoms with Crippen LogP contribution < -0.4 is 0 Å². The highest BCUT2D eigenvalue weighted by Crippen LogP contribution is 2.27. The number of hydrogen-bond donors (Lipinski definition) is 0. The van der Waals surface area contributed by atoms with Crippen molar-refractivity contribution < 1.29 is 21.6 Å². The molecule has 1 heterocycles. The molecule has 0 aromatic heterocycles. The number of rotatable bonds is 3. The molecule has 0 saturated carbocycles. The van der Waals surface area contributed by atoms with Crippen molar-refractivity contribution in [3.05, 3.63) is 0 Å². The summed E-state index contributed by atoms with van der Waals surface area (Å²) in [5.41, 5.74) is 0. The third-order valence-corrected chi connectivity index (χ3v) is 4.69. The minimum absolute atomic E-state index is 0.152. The van der Waals surface area contributed by atoms with Crippen LogP contribution in [0.3, 0.4) is 0 Å². The van der Waals surface area contributed by atoms with Gasteiger partial charge in [0.05, 0.1) is 6.26 Å². The van der Waals surface area contributed by atoms with Gasteiger partial charge in [-0.3, -0.25) is 4.90 Å². The molecule has 0 spiro atoms. The summed E-state index contributed by atoms with van der Waals surface area (Å²) in [6.07, 6.45) is -3.17. The maximum Gasteiger partial charge on any atom is 0.402 e. The van der Waals surface area contributed by atoms with Crippen molar-refractivity contribution in [2.24, 2.45) is 0 Å². The van der Waals surface area contributed by atoms with Crippen LogP contribution in [0, 0.1) is 0 Å². The number of halogens is 4. The molecule has 17 heavy (non-hydrogen) atoms. The number of piperazine rings is 1. The molecule has 102 valence electrons. The minimum Gasteiger partial charge on any atom is -0.299 e. The number of hydrogen-bond acceptors (Lipinski definition) is 3. The Bertz CT molecular complexity index is 352. The summed E-state index contributed by atoms with van der Waals surface area (Å²) >= 11 is 2.59. The molecule has 0 bridgehead atoms. The standard InChI is InChI=1S/C8H14BrF3N2O2S/c1-17(15,16)14-4-2-13(3-5-14)6-7(9)8(10,11)12/h7H,2-6H2,1H3. The van der Waals surface area contributed by atoms with Crippen molar-refractivity contribution >= 4 is 26.0 Å². The van der Waals surface area contributed by atoms with Crippen LogP contribution >= 0.6 is 15.9 Å². The van der Waals surface area contributed by atoms with Crippen molar-refractivity contribution in [3.8, 4) is 0 Å². The SMILES string of the molecule is CS(=O)(=O)N1CCN(CC(Br)C(F)(F)F)CC1. The monoisotopic (exact) mass is 338 g/mol. The molecular formula is C8H14BrF3N2O2S. The summed E-state index contributed by atoms with van der Waals surface area (Å²) in [6.45, 7) is 0.990. The average molecular weight is 339 g/mol. The third-order valence-electron chi connectivity index (χ3n) is 2.57. The third kappa shape index (κ3) is 4.72. The number of alkyl halides is 4. The highest BCUT2D eigenvalue weighted by Gasteiger charge is 2.39. The highest BCUT2D eigenvalue weighted by atomic mass is 79.9. The largest absolute Gasteiger partial charge is 0.402 e. The Kier molecular flexibility index (Phi) is 4.84. The molecule has 1 atom stereocenters. The van der Waals surface area contributed by atoms with Gasteiger partial charge in [0, 0.05) is 32.7 Å². The van der Waals surface area contributed by atoms with Crippen molar-refractivity contribution in [3.63, 3.8) is 0 Å². The molecule has 1 unspecified atom stereocenters. The van der Waals surface area contributed by atoms with Crippen LogP contribution in [0.25, 0.3) is 0 Å². The van der Waals surface area contributed by atoms with Gasteiger partial charge in [-0.15, -0.1) is 0 Å². The van der Waals surface area contributed by atoms with E-state index in [2.05, 4.69) is 15.9 Å². The smallest absolute Gasteiger partial charge is 0.299 e. The van der Waals surface area contributed by atoms with Crippen molar-refractivity contribution in [1.29, 1.82) is 0 Å². The summed E-state index contributed by atoms with van der Waals surface area (Å²) < 4.78 is 60.5. The van der Waals surface area contributed by atoms with E-state index in [9.17, 15) is 21.6 Å². The Morgan fingerprint density at radius 2 is 1.71 bits per heavy atom. The maximum absolute atomic E-state index is 12.3. The first-order valence-electron chi connectivity index (χ1n) is 4.99. The zero-order valence-electron chi connectivity index (χ0n) is 9.24. The molecule has 0 radical (unpaired) electrons. The lowest BCUT2D eigenvalue weighted by Gasteiger charge is -2.34. The van der Waals surface area contributed by atoms with Gasteiger partial charge in [0.2, 0.25) is 10.0 Å². The molecule has 0 aromatic rings. The summed E-state index contributed by atoms with van der Waals surface area (Å²) in [7, 11) is -3.23. The molecule has 0 aliphatic carbocycles. The lowest BCUT2D eigenvalue weighted by molar-refractivity contribution is -0.131. The first kappa shape index (κ1) is 15.2. The normalized spacial score (nSPS) is 22.6. The molecular weight excluding hydrogens is 325 g/mol. The van der Waals surface area contributed by atoms with E-state index in [1.807, 2.05) is 0 Å². The van der Waals surface area contributed by atoms with Crippen LogP contribution in [-0.2, 0) is 10.0 Å². The van der Waals surface area contributed by atoms with Gasteiger partial charge in [-0.1, -0.05) is 15.9 Å². The lowest BCUT2D eigenvalue weighted by Crippen LogP contribution is -2.50. The van der Waals surface area contributed by atoms with Crippen molar-refractivity contribution in [1.82, 2.24) is 9.21 Å². The first-order valence-corrected chi connectivity index (χ1v) is 7.75. The Hall–Kier alpha value is 0.140. The highest BCUT2D eigenvalue weighted by molar-refractivity contribution is 9.09. The molecule has 0 aromatic carbocycles. The van der Waals surface area contributed by atoms with Crippen molar-refractivity contribution in [2.75, 3.05) is 39.0 Å². The molecule has 1 aliphatic rings. The summed E-state index contributed by atoms with van der Waals surface area (Å²) in [5, 5.41) is 0. The molecule has 0 N–H and O–H groups in total. The van der Waals surface area contributed by atoms with Gasteiger partial charge < -0.3 is 0 Å². The zero-order valence-corrected chi connectivity index (χ0v) is 11.6. The maximum atomic E-state index is 12.3. The summed E-state index contributed by atoms with van der Waals surface area (Å²) in [6, 6.07) is 0. The van der Waals surface area contributed by atoms with Gasteiger partial charge in [-0.25, -0.2) is 8.42 Å². The first-order chi connectivity index (χ1) is 7.60. The summed E-state index contributed by atoms with van der Waals surface area (Å²) in [4.78, 5) is 0.0361. The molecule has 1 saturated heterocycles. The fourth-order valence-electron chi connectivity index (χ4n) is 1.57. The Labute approximate surface area is 107 Å². The predicted molar refractivity (Wildman–Crippen MR) is 61.6 cm³/mol. The van der Waals surface area contributed by atoms with E-state index in [1.165, 1.54) is 4.31 Å². The van der Waals surface area contributed by atoms with Gasteiger partial charge in [0.15, 0.2) is 0 Å². The summed E-state index contributed by atoms with van der Waals surface area (Å²) in [5.74, 6) is 0. The predicted octanol–water partition coefficient (Wildman–Crippen LogP) is 0.889. The minimum atomic E-state index is -4.27. The van der Waals surface area contributed by atoms with E-state index >= 15 is 0 Å². The van der Waals surface area contributed by atoms with E-state index in [4.69, 9.17) is 0 Å². The van der Waals surface area contributed by atoms with Crippen LogP contribution in [0.15, 0.2) is 0 Å². The molecule has 1 rings (SSSR count). The molecule has 0 amide bonds. The second-order valence-corrected chi connectivity index (χ2v) is 7.06. The Balaban J connectivity index is 2.43. The quantitative estimate of drug-likeness (QED) is 0.717. The second-order valence-electron chi connectivity index (χ2n) is 3.97. The number of sulfonamides is 1. The van der Waals surface area contributed by atoms with Crippen LogP contribution in [0.5, 0.6) is 0 Å². The second kappa shape index (κ2) is 5.41. The number of nitrogens with zero attached hydrogens (tertiary/aromatic N) is 2. The van der Waals surface area contributed by atoms with Crippen molar-refractivity contribution in [2.45, 2.75) is 11.0 Å². The van der Waals surface area contributed by atoms with E-state index in [-0.39, 0.29) is 19.6 Å². The zero-order chi connectivity index (χ0) is 13.3. The lowest BCUT2D eigenvalue weighted by atomic mass is 10.3. The molecule has 4 nitrogen and oxygen atoms in total. The van der Waals surface area contributed by atoms with Gasteiger partial charge in [-0.05, 0) is 0 Å². The average Bonchev–Trinajstić information content (AvgIpc) is 2.15. The molecule has 1 fully saturated rings. The molecule has 1 aliphatic heterocycles. The Morgan fingerprint density at radius 1 is 1.24 bits per heavy atom. The molecule has 9 heteroatoms. The fraction of sp³-hybridized carbons (Fsp3) is 1.00. The Morgan fingerprint density at radius 3 is 2.06 bits per heavy atom. The van der Waals surface area contributed by atoms with Crippen LogP contribution in [0.4, 0.5) is 13.2 Å². The van der Waals surface area contributed by atoms with Crippen LogP contribution in [-0.4, -0.2) is 67.6 Å². The van der Waals surface area contributed by atoms with Gasteiger partial charge in [0.25, 0.3) is 0 Å².